The third kappa shape index (κ3) is 1.86. The van der Waals surface area contributed by atoms with Crippen molar-refractivity contribution in [2.75, 3.05) is 0 Å². The Balaban J connectivity index is 2.21. The smallest absolute Gasteiger partial charge is 0.135 e. The van der Waals surface area contributed by atoms with E-state index in [-0.39, 0.29) is 0 Å². The summed E-state index contributed by atoms with van der Waals surface area (Å²) in [5, 5.41) is 2.07. The van der Waals surface area contributed by atoms with Gasteiger partial charge in [-0.1, -0.05) is 67.2 Å². The largest absolute Gasteiger partial charge is 0.456 e. The van der Waals surface area contributed by atoms with Gasteiger partial charge in [-0.15, -0.1) is 0 Å². The molecule has 1 heteroatoms. The van der Waals surface area contributed by atoms with Gasteiger partial charge < -0.3 is 4.74 Å². The van der Waals surface area contributed by atoms with Gasteiger partial charge in [0.05, 0.1) is 0 Å². The third-order valence-electron chi connectivity index (χ3n) is 3.80. The highest BCUT2D eigenvalue weighted by atomic mass is 16.5. The van der Waals surface area contributed by atoms with E-state index in [0.29, 0.717) is 0 Å². The SMILES string of the molecule is C=c1cccc2c1=C(c1ccccc1)c1ccccc1O2. The predicted molar refractivity (Wildman–Crippen MR) is 85.8 cm³/mol. The highest BCUT2D eigenvalue weighted by Gasteiger charge is 2.19. The number of para-hydroxylation sites is 1. The molecule has 1 aliphatic heterocycles. The maximum Gasteiger partial charge on any atom is 0.135 e. The fourth-order valence-electron chi connectivity index (χ4n) is 2.87. The first kappa shape index (κ1) is 12.0. The zero-order valence-corrected chi connectivity index (χ0v) is 11.5. The Bertz CT molecular complexity index is 924. The lowest BCUT2D eigenvalue weighted by atomic mass is 9.92. The van der Waals surface area contributed by atoms with Crippen LogP contribution in [0, 0.1) is 0 Å². The Morgan fingerprint density at radius 2 is 1.38 bits per heavy atom. The van der Waals surface area contributed by atoms with Crippen molar-refractivity contribution < 1.29 is 4.74 Å². The molecule has 1 nitrogen and oxygen atoms in total. The van der Waals surface area contributed by atoms with Gasteiger partial charge in [0.15, 0.2) is 0 Å². The zero-order chi connectivity index (χ0) is 14.2. The van der Waals surface area contributed by atoms with Crippen LogP contribution in [0.25, 0.3) is 12.2 Å². The molecule has 0 bridgehead atoms. The Labute approximate surface area is 123 Å². The summed E-state index contributed by atoms with van der Waals surface area (Å²) in [4.78, 5) is 0. The molecule has 1 aliphatic rings. The number of ether oxygens (including phenoxy) is 1. The molecule has 21 heavy (non-hydrogen) atoms. The summed E-state index contributed by atoms with van der Waals surface area (Å²) in [6, 6.07) is 24.6. The van der Waals surface area contributed by atoms with E-state index in [9.17, 15) is 0 Å². The molecule has 0 amide bonds. The summed E-state index contributed by atoms with van der Waals surface area (Å²) >= 11 is 0. The second-order valence-corrected chi connectivity index (χ2v) is 5.13. The van der Waals surface area contributed by atoms with E-state index in [1.54, 1.807) is 0 Å². The molecule has 0 spiro atoms. The number of benzene rings is 3. The maximum absolute atomic E-state index is 6.05. The van der Waals surface area contributed by atoms with Gasteiger partial charge in [-0.2, -0.15) is 0 Å². The topological polar surface area (TPSA) is 9.23 Å². The quantitative estimate of drug-likeness (QED) is 0.515. The van der Waals surface area contributed by atoms with E-state index < -0.39 is 0 Å². The fraction of sp³-hybridized carbons (Fsp3) is 0. The van der Waals surface area contributed by atoms with Gasteiger partial charge in [-0.3, -0.25) is 0 Å². The van der Waals surface area contributed by atoms with E-state index in [0.717, 1.165) is 27.5 Å². The fourth-order valence-corrected chi connectivity index (χ4v) is 2.87. The van der Waals surface area contributed by atoms with Crippen LogP contribution in [0.15, 0.2) is 72.8 Å². The van der Waals surface area contributed by atoms with Crippen LogP contribution in [0.2, 0.25) is 0 Å². The molecule has 0 aromatic heterocycles. The average Bonchev–Trinajstić information content (AvgIpc) is 2.54. The van der Waals surface area contributed by atoms with Crippen molar-refractivity contribution in [3.63, 3.8) is 0 Å². The number of rotatable bonds is 1. The van der Waals surface area contributed by atoms with Gasteiger partial charge in [-0.05, 0) is 22.9 Å². The Hall–Kier alpha value is -2.80. The van der Waals surface area contributed by atoms with Crippen LogP contribution in [0.5, 0.6) is 11.5 Å². The normalized spacial score (nSPS) is 12.3. The predicted octanol–water partition coefficient (Wildman–Crippen LogP) is 3.45. The minimum Gasteiger partial charge on any atom is -0.456 e. The molecule has 0 unspecified atom stereocenters. The van der Waals surface area contributed by atoms with Crippen molar-refractivity contribution in [2.24, 2.45) is 0 Å². The molecule has 3 aromatic rings. The molecule has 1 heterocycles. The van der Waals surface area contributed by atoms with E-state index in [1.807, 2.05) is 42.5 Å². The second kappa shape index (κ2) is 4.64. The van der Waals surface area contributed by atoms with Crippen molar-refractivity contribution >= 4 is 12.2 Å². The molecule has 100 valence electrons. The first-order chi connectivity index (χ1) is 10.3. The van der Waals surface area contributed by atoms with Gasteiger partial charge in [-0.25, -0.2) is 0 Å². The Morgan fingerprint density at radius 3 is 2.24 bits per heavy atom. The molecule has 0 radical (unpaired) electrons. The minimum absolute atomic E-state index is 0.875. The van der Waals surface area contributed by atoms with Gasteiger partial charge in [0.1, 0.15) is 11.5 Å². The van der Waals surface area contributed by atoms with Crippen molar-refractivity contribution in [1.82, 2.24) is 0 Å². The molecule has 0 aliphatic carbocycles. The highest BCUT2D eigenvalue weighted by molar-refractivity contribution is 5.85. The van der Waals surface area contributed by atoms with Crippen LogP contribution in [0.1, 0.15) is 11.1 Å². The molecule has 0 saturated carbocycles. The van der Waals surface area contributed by atoms with Crippen LogP contribution < -0.4 is 15.2 Å². The Morgan fingerprint density at radius 1 is 0.667 bits per heavy atom. The van der Waals surface area contributed by atoms with E-state index in [2.05, 4.69) is 36.9 Å². The number of fused-ring (bicyclic) bond motifs is 2. The maximum atomic E-state index is 6.05. The lowest BCUT2D eigenvalue weighted by Crippen LogP contribution is -2.30. The summed E-state index contributed by atoms with van der Waals surface area (Å²) in [5.41, 5.74) is 3.50. The summed E-state index contributed by atoms with van der Waals surface area (Å²) in [6.45, 7) is 4.18. The van der Waals surface area contributed by atoms with Gasteiger partial charge in [0.25, 0.3) is 0 Å². The first-order valence-electron chi connectivity index (χ1n) is 6.99. The summed E-state index contributed by atoms with van der Waals surface area (Å²) in [7, 11) is 0. The highest BCUT2D eigenvalue weighted by Crippen LogP contribution is 2.34. The molecule has 4 rings (SSSR count). The lowest BCUT2D eigenvalue weighted by Gasteiger charge is -2.21. The van der Waals surface area contributed by atoms with Crippen LogP contribution >= 0.6 is 0 Å². The molecule has 0 saturated heterocycles. The van der Waals surface area contributed by atoms with Crippen LogP contribution in [-0.2, 0) is 0 Å². The molecule has 0 N–H and O–H groups in total. The van der Waals surface area contributed by atoms with Crippen LogP contribution in [0.4, 0.5) is 0 Å². The number of hydrogen-bond acceptors (Lipinski definition) is 1. The monoisotopic (exact) mass is 270 g/mol. The van der Waals surface area contributed by atoms with E-state index >= 15 is 0 Å². The molecule has 0 fully saturated rings. The van der Waals surface area contributed by atoms with Crippen LogP contribution in [0.3, 0.4) is 0 Å². The van der Waals surface area contributed by atoms with Crippen molar-refractivity contribution in [1.29, 1.82) is 0 Å². The number of hydrogen-bond donors (Lipinski definition) is 0. The zero-order valence-electron chi connectivity index (χ0n) is 11.5. The lowest BCUT2D eigenvalue weighted by molar-refractivity contribution is 0.471. The summed E-state index contributed by atoms with van der Waals surface area (Å²) < 4.78 is 6.05. The first-order valence-corrected chi connectivity index (χ1v) is 6.99. The standard InChI is InChI=1S/C20H14O/c1-14-8-7-13-18-19(14)20(15-9-3-2-4-10-15)16-11-5-6-12-17(16)21-18/h2-13H,1H2. The summed E-state index contributed by atoms with van der Waals surface area (Å²) in [5.74, 6) is 1.77. The molecular formula is C20H14O. The van der Waals surface area contributed by atoms with Crippen LogP contribution in [-0.4, -0.2) is 0 Å². The average molecular weight is 270 g/mol. The molecule has 0 atom stereocenters. The van der Waals surface area contributed by atoms with Crippen molar-refractivity contribution in [3.8, 4) is 11.5 Å². The summed E-state index contributed by atoms with van der Waals surface area (Å²) in [6.07, 6.45) is 0. The second-order valence-electron chi connectivity index (χ2n) is 5.13. The van der Waals surface area contributed by atoms with Gasteiger partial charge in [0, 0.05) is 16.4 Å². The Kier molecular flexibility index (Phi) is 2.65. The molecule has 3 aromatic carbocycles. The van der Waals surface area contributed by atoms with Gasteiger partial charge >= 0.3 is 0 Å². The molecular weight excluding hydrogens is 256 g/mol. The minimum atomic E-state index is 0.875. The van der Waals surface area contributed by atoms with Gasteiger partial charge in [0.2, 0.25) is 0 Å². The van der Waals surface area contributed by atoms with Crippen molar-refractivity contribution in [2.45, 2.75) is 0 Å². The van der Waals surface area contributed by atoms with E-state index in [1.165, 1.54) is 11.1 Å². The van der Waals surface area contributed by atoms with Crippen molar-refractivity contribution in [3.05, 3.63) is 94.4 Å². The third-order valence-corrected chi connectivity index (χ3v) is 3.80. The van der Waals surface area contributed by atoms with E-state index in [4.69, 9.17) is 4.74 Å².